The van der Waals surface area contributed by atoms with Crippen LogP contribution in [0.4, 0.5) is 0 Å². The topological polar surface area (TPSA) is 43.6 Å². The Morgan fingerprint density at radius 2 is 2.05 bits per heavy atom. The van der Waals surface area contributed by atoms with Gasteiger partial charge in [-0.1, -0.05) is 23.7 Å². The van der Waals surface area contributed by atoms with E-state index in [1.54, 1.807) is 15.4 Å². The first-order valence-corrected chi connectivity index (χ1v) is 9.21. The summed E-state index contributed by atoms with van der Waals surface area (Å²) in [5, 5.41) is 0.618. The Morgan fingerprint density at radius 1 is 1.21 bits per heavy atom. The first-order chi connectivity index (χ1) is 9.20. The number of imidazole rings is 1. The van der Waals surface area contributed by atoms with Gasteiger partial charge in [-0.3, -0.25) is 3.97 Å². The number of aromatic nitrogens is 4. The first-order valence-electron chi connectivity index (χ1n) is 5.14. The summed E-state index contributed by atoms with van der Waals surface area (Å²) in [6, 6.07) is 5.85. The van der Waals surface area contributed by atoms with Crippen molar-refractivity contribution in [1.82, 2.24) is 18.9 Å². The van der Waals surface area contributed by atoms with E-state index < -0.39 is 0 Å². The lowest BCUT2D eigenvalue weighted by Crippen LogP contribution is -1.90. The highest BCUT2D eigenvalue weighted by Crippen LogP contribution is 2.33. The third kappa shape index (κ3) is 2.42. The molecule has 0 aliphatic carbocycles. The zero-order valence-electron chi connectivity index (χ0n) is 9.22. The Kier molecular flexibility index (Phi) is 3.84. The molecule has 0 fully saturated rings. The highest BCUT2D eigenvalue weighted by Gasteiger charge is 2.13. The Labute approximate surface area is 135 Å². The van der Waals surface area contributed by atoms with Crippen LogP contribution in [-0.4, -0.2) is 18.9 Å². The second kappa shape index (κ2) is 5.43. The van der Waals surface area contributed by atoms with Gasteiger partial charge in [-0.15, -0.1) is 0 Å². The molecule has 0 N–H and O–H groups in total. The van der Waals surface area contributed by atoms with Gasteiger partial charge in [-0.2, -0.15) is 0 Å². The van der Waals surface area contributed by atoms with E-state index in [1.165, 1.54) is 6.20 Å². The molecule has 1 aromatic carbocycles. The molecule has 0 spiro atoms. The van der Waals surface area contributed by atoms with Crippen LogP contribution in [0.2, 0.25) is 10.3 Å². The monoisotopic (exact) mass is 422 g/mol. The molecule has 0 atom stereocenters. The standard InChI is InChI=1S/C11H5Cl2IN4S/c12-7-4-15-11(13)17-9(7)6-2-1-3-8-10(6)16-5-18(8)19-14/h1-5H. The van der Waals surface area contributed by atoms with Crippen molar-refractivity contribution in [2.45, 2.75) is 0 Å². The maximum absolute atomic E-state index is 6.15. The molecule has 0 bridgehead atoms. The molecule has 96 valence electrons. The molecule has 0 radical (unpaired) electrons. The molecular formula is C11H5Cl2IN4S. The average Bonchev–Trinajstić information content (AvgIpc) is 2.84. The molecule has 0 unspecified atom stereocenters. The number of benzene rings is 1. The van der Waals surface area contributed by atoms with Crippen molar-refractivity contribution >= 4 is 64.6 Å². The van der Waals surface area contributed by atoms with Gasteiger partial charge in [-0.05, 0) is 17.7 Å². The Balaban J connectivity index is 2.31. The van der Waals surface area contributed by atoms with Gasteiger partial charge in [0.05, 0.1) is 27.9 Å². The van der Waals surface area contributed by atoms with Gasteiger partial charge in [0.25, 0.3) is 0 Å². The number of para-hydroxylation sites is 1. The molecule has 8 heteroatoms. The number of halogens is 3. The molecular weight excluding hydrogens is 418 g/mol. The van der Waals surface area contributed by atoms with Crippen LogP contribution in [0.3, 0.4) is 0 Å². The van der Waals surface area contributed by atoms with Crippen LogP contribution in [0.15, 0.2) is 30.7 Å². The maximum Gasteiger partial charge on any atom is 0.222 e. The highest BCUT2D eigenvalue weighted by molar-refractivity contribution is 14.2. The molecule has 0 amide bonds. The minimum Gasteiger partial charge on any atom is -0.263 e. The van der Waals surface area contributed by atoms with E-state index in [0.29, 0.717) is 10.7 Å². The Morgan fingerprint density at radius 3 is 2.84 bits per heavy atom. The van der Waals surface area contributed by atoms with Gasteiger partial charge in [0.15, 0.2) is 0 Å². The van der Waals surface area contributed by atoms with E-state index in [0.717, 1.165) is 16.6 Å². The van der Waals surface area contributed by atoms with Gasteiger partial charge in [-0.25, -0.2) is 15.0 Å². The van der Waals surface area contributed by atoms with Crippen LogP contribution in [0.25, 0.3) is 22.3 Å². The van der Waals surface area contributed by atoms with Crippen molar-refractivity contribution in [2.24, 2.45) is 0 Å². The van der Waals surface area contributed by atoms with Crippen LogP contribution in [0.5, 0.6) is 0 Å². The fraction of sp³-hybridized carbons (Fsp3) is 0. The maximum atomic E-state index is 6.15. The summed E-state index contributed by atoms with van der Waals surface area (Å²) in [7, 11) is 1.55. The van der Waals surface area contributed by atoms with Crippen LogP contribution < -0.4 is 0 Å². The van der Waals surface area contributed by atoms with Crippen LogP contribution in [-0.2, 0) is 0 Å². The average molecular weight is 423 g/mol. The summed E-state index contributed by atoms with van der Waals surface area (Å²) < 4.78 is 1.97. The van der Waals surface area contributed by atoms with Crippen LogP contribution in [0, 0.1) is 0 Å². The van der Waals surface area contributed by atoms with E-state index >= 15 is 0 Å². The SMILES string of the molecule is Clc1ncc(Cl)c(-c2cccc3c2ncn3SI)n1. The Hall–Kier alpha value is -0.570. The number of hydrogen-bond acceptors (Lipinski definition) is 4. The summed E-state index contributed by atoms with van der Waals surface area (Å²) >= 11 is 14.2. The molecule has 3 rings (SSSR count). The van der Waals surface area contributed by atoms with Gasteiger partial charge in [0.1, 0.15) is 6.33 Å². The summed E-state index contributed by atoms with van der Waals surface area (Å²) in [5.74, 6) is 0. The summed E-state index contributed by atoms with van der Waals surface area (Å²) in [5.41, 5.74) is 3.28. The zero-order chi connectivity index (χ0) is 13.4. The lowest BCUT2D eigenvalue weighted by atomic mass is 10.1. The van der Waals surface area contributed by atoms with Gasteiger partial charge in [0, 0.05) is 35.9 Å². The van der Waals surface area contributed by atoms with Gasteiger partial charge in [0.2, 0.25) is 5.28 Å². The quantitative estimate of drug-likeness (QED) is 0.445. The van der Waals surface area contributed by atoms with Crippen molar-refractivity contribution in [2.75, 3.05) is 0 Å². The Bertz CT molecular complexity index is 762. The highest BCUT2D eigenvalue weighted by atomic mass is 127. The van der Waals surface area contributed by atoms with Crippen LogP contribution >= 0.6 is 53.5 Å². The molecule has 3 aromatic rings. The van der Waals surface area contributed by atoms with E-state index in [9.17, 15) is 0 Å². The fourth-order valence-corrected chi connectivity index (χ4v) is 3.37. The third-order valence-electron chi connectivity index (χ3n) is 2.59. The molecule has 0 aliphatic rings. The van der Waals surface area contributed by atoms with E-state index in [1.807, 2.05) is 22.2 Å². The molecule has 2 heterocycles. The lowest BCUT2D eigenvalue weighted by molar-refractivity contribution is 1.17. The first kappa shape index (κ1) is 13.4. The molecule has 0 aliphatic heterocycles. The van der Waals surface area contributed by atoms with E-state index in [4.69, 9.17) is 23.2 Å². The van der Waals surface area contributed by atoms with Crippen LogP contribution in [0.1, 0.15) is 0 Å². The predicted octanol–water partition coefficient (Wildman–Crippen LogP) is 4.65. The van der Waals surface area contributed by atoms with E-state index in [-0.39, 0.29) is 5.28 Å². The minimum absolute atomic E-state index is 0.166. The predicted molar refractivity (Wildman–Crippen MR) is 87.8 cm³/mol. The molecule has 0 saturated heterocycles. The van der Waals surface area contributed by atoms with Gasteiger partial charge >= 0.3 is 0 Å². The molecule has 4 nitrogen and oxygen atoms in total. The fourth-order valence-electron chi connectivity index (χ4n) is 1.80. The third-order valence-corrected chi connectivity index (χ3v) is 4.76. The van der Waals surface area contributed by atoms with Crippen molar-refractivity contribution in [3.8, 4) is 11.3 Å². The second-order valence-corrected chi connectivity index (χ2v) is 6.11. The normalized spacial score (nSPS) is 11.1. The zero-order valence-corrected chi connectivity index (χ0v) is 13.7. The second-order valence-electron chi connectivity index (χ2n) is 3.65. The number of fused-ring (bicyclic) bond motifs is 1. The van der Waals surface area contributed by atoms with Crippen molar-refractivity contribution in [1.29, 1.82) is 0 Å². The summed E-state index contributed by atoms with van der Waals surface area (Å²) in [6.07, 6.45) is 3.26. The van der Waals surface area contributed by atoms with Crippen molar-refractivity contribution in [3.05, 3.63) is 41.0 Å². The van der Waals surface area contributed by atoms with E-state index in [2.05, 4.69) is 36.2 Å². The van der Waals surface area contributed by atoms with Crippen molar-refractivity contribution < 1.29 is 0 Å². The number of rotatable bonds is 2. The molecule has 0 saturated carbocycles. The minimum atomic E-state index is 0.166. The lowest BCUT2D eigenvalue weighted by Gasteiger charge is -2.05. The molecule has 19 heavy (non-hydrogen) atoms. The number of nitrogens with zero attached hydrogens (tertiary/aromatic N) is 4. The molecule has 2 aromatic heterocycles. The number of hydrogen-bond donors (Lipinski definition) is 0. The summed E-state index contributed by atoms with van der Waals surface area (Å²) in [4.78, 5) is 12.5. The smallest absolute Gasteiger partial charge is 0.222 e. The summed E-state index contributed by atoms with van der Waals surface area (Å²) in [6.45, 7) is 0. The van der Waals surface area contributed by atoms with Crippen molar-refractivity contribution in [3.63, 3.8) is 0 Å². The van der Waals surface area contributed by atoms with Gasteiger partial charge < -0.3 is 0 Å². The largest absolute Gasteiger partial charge is 0.263 e.